The Morgan fingerprint density at radius 1 is 1.09 bits per heavy atom. The van der Waals surface area contributed by atoms with Crippen molar-refractivity contribution in [3.63, 3.8) is 0 Å². The summed E-state index contributed by atoms with van der Waals surface area (Å²) in [5.41, 5.74) is 0.842. The van der Waals surface area contributed by atoms with Crippen molar-refractivity contribution in [3.05, 3.63) is 80.4 Å². The minimum Gasteiger partial charge on any atom is -0.463 e. The van der Waals surface area contributed by atoms with Crippen LogP contribution in [0.1, 0.15) is 29.8 Å². The molecule has 0 radical (unpaired) electrons. The number of nitrogens with zero attached hydrogens (tertiary/aromatic N) is 1. The fourth-order valence-corrected chi connectivity index (χ4v) is 3.40. The molecule has 32 heavy (non-hydrogen) atoms. The Kier molecular flexibility index (Phi) is 7.32. The maximum absolute atomic E-state index is 12.6. The summed E-state index contributed by atoms with van der Waals surface area (Å²) in [6, 6.07) is 8.53. The number of halogens is 1. The Labute approximate surface area is 189 Å². The normalized spacial score (nSPS) is 15.6. The lowest BCUT2D eigenvalue weighted by Gasteiger charge is -2.26. The molecule has 9 nitrogen and oxygen atoms in total. The third kappa shape index (κ3) is 5.36. The zero-order valence-electron chi connectivity index (χ0n) is 17.5. The van der Waals surface area contributed by atoms with Crippen molar-refractivity contribution in [1.29, 1.82) is 0 Å². The first-order valence-electron chi connectivity index (χ1n) is 9.88. The van der Waals surface area contributed by atoms with Crippen LogP contribution in [-0.2, 0) is 20.8 Å². The van der Waals surface area contributed by atoms with Crippen molar-refractivity contribution in [3.8, 4) is 0 Å². The first-order valence-corrected chi connectivity index (χ1v) is 10.3. The van der Waals surface area contributed by atoms with E-state index in [1.54, 1.807) is 38.1 Å². The summed E-state index contributed by atoms with van der Waals surface area (Å²) in [5.74, 6) is -1.35. The van der Waals surface area contributed by atoms with Crippen LogP contribution in [0, 0.1) is 0 Å². The Hall–Kier alpha value is -3.59. The lowest BCUT2D eigenvalue weighted by atomic mass is 10.0. The molecule has 1 aliphatic heterocycles. The van der Waals surface area contributed by atoms with E-state index in [1.165, 1.54) is 22.9 Å². The van der Waals surface area contributed by atoms with E-state index in [9.17, 15) is 19.2 Å². The van der Waals surface area contributed by atoms with Crippen LogP contribution in [0.25, 0.3) is 0 Å². The molecule has 2 heterocycles. The van der Waals surface area contributed by atoms with E-state index in [2.05, 4.69) is 10.6 Å². The van der Waals surface area contributed by atoms with Crippen molar-refractivity contribution in [1.82, 2.24) is 15.2 Å². The second kappa shape index (κ2) is 10.1. The number of pyridine rings is 1. The Morgan fingerprint density at radius 2 is 1.84 bits per heavy atom. The van der Waals surface area contributed by atoms with Gasteiger partial charge in [0.15, 0.2) is 0 Å². The van der Waals surface area contributed by atoms with E-state index in [0.717, 1.165) is 5.56 Å². The maximum atomic E-state index is 12.6. The number of ether oxygens (including phenoxy) is 2. The highest BCUT2D eigenvalue weighted by Gasteiger charge is 2.30. The van der Waals surface area contributed by atoms with Crippen molar-refractivity contribution in [2.45, 2.75) is 26.4 Å². The molecular weight excluding hydrogens is 438 g/mol. The van der Waals surface area contributed by atoms with Crippen LogP contribution in [0.15, 0.2) is 58.7 Å². The molecule has 2 aromatic rings. The van der Waals surface area contributed by atoms with Gasteiger partial charge < -0.3 is 24.7 Å². The molecule has 10 heteroatoms. The fraction of sp³-hybridized carbons (Fsp3) is 0.273. The number of aromatic nitrogens is 1. The van der Waals surface area contributed by atoms with Gasteiger partial charge in [0.05, 0.1) is 36.0 Å². The summed E-state index contributed by atoms with van der Waals surface area (Å²) < 4.78 is 11.7. The van der Waals surface area contributed by atoms with Crippen LogP contribution < -0.4 is 16.2 Å². The van der Waals surface area contributed by atoms with Gasteiger partial charge in [-0.15, -0.1) is 0 Å². The standard InChI is InChI=1S/C22H22ClN3O6/c1-3-31-21(29)19-13(2)24-22(30)25-17(19)12-32-20(28)15-8-9-18(27)26(11-15)10-14-6-4-5-7-16(14)23/h4-9,11,13H,3,10,12H2,1-2H3,(H2,24,25,30). The van der Waals surface area contributed by atoms with Crippen LogP contribution in [0.3, 0.4) is 0 Å². The summed E-state index contributed by atoms with van der Waals surface area (Å²) in [7, 11) is 0. The van der Waals surface area contributed by atoms with Gasteiger partial charge in [-0.05, 0) is 31.5 Å². The predicted molar refractivity (Wildman–Crippen MR) is 116 cm³/mol. The van der Waals surface area contributed by atoms with Gasteiger partial charge >= 0.3 is 18.0 Å². The molecule has 1 aromatic heterocycles. The number of benzene rings is 1. The molecule has 0 aliphatic carbocycles. The van der Waals surface area contributed by atoms with Gasteiger partial charge in [-0.1, -0.05) is 29.8 Å². The number of nitrogens with one attached hydrogen (secondary N) is 2. The van der Waals surface area contributed by atoms with Gasteiger partial charge in [0, 0.05) is 17.3 Å². The molecule has 1 aliphatic rings. The van der Waals surface area contributed by atoms with Crippen molar-refractivity contribution >= 4 is 29.6 Å². The number of urea groups is 1. The second-order valence-electron chi connectivity index (χ2n) is 6.98. The predicted octanol–water partition coefficient (Wildman–Crippen LogP) is 2.23. The molecule has 168 valence electrons. The smallest absolute Gasteiger partial charge is 0.340 e. The number of esters is 2. The molecule has 0 saturated heterocycles. The summed E-state index contributed by atoms with van der Waals surface area (Å²) in [6.07, 6.45) is 1.37. The summed E-state index contributed by atoms with van der Waals surface area (Å²) >= 11 is 6.16. The van der Waals surface area contributed by atoms with Crippen molar-refractivity contribution in [2.24, 2.45) is 0 Å². The molecule has 0 saturated carbocycles. The molecular formula is C22H22ClN3O6. The topological polar surface area (TPSA) is 116 Å². The number of hydrogen-bond donors (Lipinski definition) is 2. The molecule has 0 bridgehead atoms. The van der Waals surface area contributed by atoms with E-state index >= 15 is 0 Å². The van der Waals surface area contributed by atoms with Gasteiger partial charge in [-0.2, -0.15) is 0 Å². The number of carbonyl (C=O) groups excluding carboxylic acids is 3. The molecule has 1 atom stereocenters. The molecule has 0 spiro atoms. The van der Waals surface area contributed by atoms with E-state index in [0.29, 0.717) is 5.02 Å². The van der Waals surface area contributed by atoms with Crippen LogP contribution >= 0.6 is 11.6 Å². The van der Waals surface area contributed by atoms with Crippen LogP contribution in [0.2, 0.25) is 5.02 Å². The Balaban J connectivity index is 1.78. The highest BCUT2D eigenvalue weighted by atomic mass is 35.5. The van der Waals surface area contributed by atoms with Gasteiger partial charge in [-0.25, -0.2) is 14.4 Å². The van der Waals surface area contributed by atoms with Gasteiger partial charge in [0.1, 0.15) is 6.61 Å². The molecule has 1 unspecified atom stereocenters. The second-order valence-corrected chi connectivity index (χ2v) is 7.39. The molecule has 1 aromatic carbocycles. The molecule has 2 N–H and O–H groups in total. The Morgan fingerprint density at radius 3 is 2.56 bits per heavy atom. The highest BCUT2D eigenvalue weighted by Crippen LogP contribution is 2.17. The number of rotatable bonds is 7. The first kappa shape index (κ1) is 23.1. The monoisotopic (exact) mass is 459 g/mol. The summed E-state index contributed by atoms with van der Waals surface area (Å²) in [4.78, 5) is 48.9. The summed E-state index contributed by atoms with van der Waals surface area (Å²) in [5, 5.41) is 5.55. The van der Waals surface area contributed by atoms with E-state index in [4.69, 9.17) is 21.1 Å². The quantitative estimate of drug-likeness (QED) is 0.613. The largest absolute Gasteiger partial charge is 0.463 e. The van der Waals surface area contributed by atoms with E-state index < -0.39 is 24.0 Å². The van der Waals surface area contributed by atoms with E-state index in [1.807, 2.05) is 0 Å². The lowest BCUT2D eigenvalue weighted by Crippen LogP contribution is -2.50. The lowest BCUT2D eigenvalue weighted by molar-refractivity contribution is -0.139. The summed E-state index contributed by atoms with van der Waals surface area (Å²) in [6.45, 7) is 3.26. The molecule has 2 amide bonds. The minimum atomic E-state index is -0.728. The SMILES string of the molecule is CCOC(=O)C1=C(COC(=O)c2ccc(=O)n(Cc3ccccc3Cl)c2)NC(=O)NC1C. The van der Waals surface area contributed by atoms with Crippen LogP contribution in [0.5, 0.6) is 0 Å². The zero-order chi connectivity index (χ0) is 23.3. The number of hydrogen-bond acceptors (Lipinski definition) is 6. The third-order valence-corrected chi connectivity index (χ3v) is 5.10. The number of amides is 2. The van der Waals surface area contributed by atoms with Gasteiger partial charge in [0.2, 0.25) is 0 Å². The minimum absolute atomic E-state index is 0.128. The highest BCUT2D eigenvalue weighted by molar-refractivity contribution is 6.31. The number of carbonyl (C=O) groups is 3. The van der Waals surface area contributed by atoms with Crippen molar-refractivity contribution < 1.29 is 23.9 Å². The van der Waals surface area contributed by atoms with Crippen LogP contribution in [0.4, 0.5) is 4.79 Å². The average molecular weight is 460 g/mol. The van der Waals surface area contributed by atoms with Crippen molar-refractivity contribution in [2.75, 3.05) is 13.2 Å². The van der Waals surface area contributed by atoms with Gasteiger partial charge in [0.25, 0.3) is 5.56 Å². The third-order valence-electron chi connectivity index (χ3n) is 4.73. The van der Waals surface area contributed by atoms with E-state index in [-0.39, 0.29) is 42.2 Å². The molecule has 0 fully saturated rings. The molecule has 3 rings (SSSR count). The maximum Gasteiger partial charge on any atom is 0.340 e. The fourth-order valence-electron chi connectivity index (χ4n) is 3.20. The van der Waals surface area contributed by atoms with Gasteiger partial charge in [-0.3, -0.25) is 4.79 Å². The van der Waals surface area contributed by atoms with Crippen LogP contribution in [-0.4, -0.2) is 41.8 Å². The first-order chi connectivity index (χ1) is 15.3. The average Bonchev–Trinajstić information content (AvgIpc) is 2.74. The zero-order valence-corrected chi connectivity index (χ0v) is 18.3. The Bertz CT molecular complexity index is 1140.